The Bertz CT molecular complexity index is 424. The predicted octanol–water partition coefficient (Wildman–Crippen LogP) is 1.75. The van der Waals surface area contributed by atoms with Crippen molar-refractivity contribution in [2.45, 2.75) is 42.7 Å². The number of rotatable bonds is 4. The molecule has 0 spiro atoms. The highest BCUT2D eigenvalue weighted by Gasteiger charge is 2.41. The minimum absolute atomic E-state index is 0.155. The lowest BCUT2D eigenvalue weighted by atomic mass is 10.1. The van der Waals surface area contributed by atoms with Gasteiger partial charge in [-0.1, -0.05) is 34.8 Å². The Morgan fingerprint density at radius 3 is 2.14 bits per heavy atom. The Hall–Kier alpha value is -0.720. The molecule has 1 aliphatic carbocycles. The normalized spacial score (nSPS) is 25.3. The third kappa shape index (κ3) is 5.88. The van der Waals surface area contributed by atoms with Crippen molar-refractivity contribution < 1.29 is 23.9 Å². The zero-order chi connectivity index (χ0) is 16.2. The van der Waals surface area contributed by atoms with E-state index in [-0.39, 0.29) is 12.5 Å². The van der Waals surface area contributed by atoms with E-state index in [1.165, 1.54) is 13.8 Å². The zero-order valence-corrected chi connectivity index (χ0v) is 13.8. The molecule has 0 aromatic carbocycles. The van der Waals surface area contributed by atoms with Gasteiger partial charge in [0.25, 0.3) is 9.70 Å². The lowest BCUT2D eigenvalue weighted by molar-refractivity contribution is -0.164. The van der Waals surface area contributed by atoms with Crippen molar-refractivity contribution in [1.82, 2.24) is 5.32 Å². The molecule has 0 heterocycles. The van der Waals surface area contributed by atoms with Gasteiger partial charge in [0.1, 0.15) is 12.2 Å². The van der Waals surface area contributed by atoms with Crippen LogP contribution >= 0.6 is 34.8 Å². The molecule has 6 nitrogen and oxygen atoms in total. The fourth-order valence-electron chi connectivity index (χ4n) is 2.26. The van der Waals surface area contributed by atoms with E-state index in [0.717, 1.165) is 0 Å². The third-order valence-corrected chi connectivity index (χ3v) is 3.57. The first-order valence-electron chi connectivity index (χ1n) is 6.30. The molecule has 9 heteroatoms. The van der Waals surface area contributed by atoms with Crippen LogP contribution in [0.2, 0.25) is 0 Å². The highest BCUT2D eigenvalue weighted by Crippen LogP contribution is 2.32. The summed E-state index contributed by atoms with van der Waals surface area (Å²) in [6, 6.07) is 0. The molecular formula is C12H16Cl3NO5. The van der Waals surface area contributed by atoms with E-state index in [1.807, 2.05) is 0 Å². The van der Waals surface area contributed by atoms with Crippen LogP contribution < -0.4 is 5.32 Å². The molecule has 1 amide bonds. The summed E-state index contributed by atoms with van der Waals surface area (Å²) < 4.78 is 8.26. The molecule has 3 atom stereocenters. The molecule has 1 fully saturated rings. The van der Waals surface area contributed by atoms with Crippen LogP contribution in [-0.4, -0.2) is 40.4 Å². The summed E-state index contributed by atoms with van der Waals surface area (Å²) in [6.45, 7) is 2.70. The third-order valence-electron chi connectivity index (χ3n) is 3.05. The Labute approximate surface area is 137 Å². The molecule has 0 unspecified atom stereocenters. The monoisotopic (exact) mass is 359 g/mol. The number of hydrogen-bond acceptors (Lipinski definition) is 5. The van der Waals surface area contributed by atoms with Gasteiger partial charge in [-0.05, 0) is 12.8 Å². The van der Waals surface area contributed by atoms with Crippen LogP contribution in [0.1, 0.15) is 26.7 Å². The van der Waals surface area contributed by atoms with Gasteiger partial charge in [-0.2, -0.15) is 0 Å². The number of ether oxygens (including phenoxy) is 2. The summed E-state index contributed by atoms with van der Waals surface area (Å²) in [5, 5.41) is 2.48. The predicted molar refractivity (Wildman–Crippen MR) is 77.1 cm³/mol. The highest BCUT2D eigenvalue weighted by molar-refractivity contribution is 6.76. The number of amides is 1. The second-order valence-corrected chi connectivity index (χ2v) is 7.05. The van der Waals surface area contributed by atoms with Gasteiger partial charge in [-0.15, -0.1) is 0 Å². The van der Waals surface area contributed by atoms with Crippen LogP contribution in [0.15, 0.2) is 0 Å². The molecule has 0 saturated heterocycles. The van der Waals surface area contributed by atoms with Crippen molar-refractivity contribution in [1.29, 1.82) is 0 Å². The number of hydrogen-bond donors (Lipinski definition) is 1. The first kappa shape index (κ1) is 18.3. The van der Waals surface area contributed by atoms with Gasteiger partial charge in [0.05, 0.1) is 0 Å². The van der Waals surface area contributed by atoms with Gasteiger partial charge in [-0.25, -0.2) is 0 Å². The molecule has 0 bridgehead atoms. The van der Waals surface area contributed by atoms with Crippen LogP contribution in [0.3, 0.4) is 0 Å². The number of carbonyl (C=O) groups is 3. The van der Waals surface area contributed by atoms with Gasteiger partial charge < -0.3 is 14.8 Å². The van der Waals surface area contributed by atoms with Crippen molar-refractivity contribution in [3.05, 3.63) is 0 Å². The van der Waals surface area contributed by atoms with E-state index < -0.39 is 33.8 Å². The standard InChI is InChI=1S/C12H16Cl3NO5/c1-6(17)20-9-4-3-8(10(9)21-7(2)18)5-16-11(19)12(13,14)15/h8-10H,3-5H2,1-2H3,(H,16,19)/t8-,9-,10+/m1/s1. The van der Waals surface area contributed by atoms with Crippen LogP contribution in [0, 0.1) is 5.92 Å². The minimum Gasteiger partial charge on any atom is -0.459 e. The van der Waals surface area contributed by atoms with E-state index in [1.54, 1.807) is 0 Å². The van der Waals surface area contributed by atoms with Crippen LogP contribution in [0.4, 0.5) is 0 Å². The molecule has 21 heavy (non-hydrogen) atoms. The van der Waals surface area contributed by atoms with Crippen molar-refractivity contribution in [3.63, 3.8) is 0 Å². The van der Waals surface area contributed by atoms with E-state index in [9.17, 15) is 14.4 Å². The van der Waals surface area contributed by atoms with Gasteiger partial charge in [0.15, 0.2) is 0 Å². The summed E-state index contributed by atoms with van der Waals surface area (Å²) in [4.78, 5) is 33.7. The maximum Gasteiger partial charge on any atom is 0.303 e. The molecule has 0 aliphatic heterocycles. The molecule has 1 aliphatic rings. The largest absolute Gasteiger partial charge is 0.459 e. The van der Waals surface area contributed by atoms with Gasteiger partial charge in [-0.3, -0.25) is 14.4 Å². The summed E-state index contributed by atoms with van der Waals surface area (Å²) >= 11 is 16.4. The SMILES string of the molecule is CC(=O)O[C@H]1[C@@H](CNC(=O)C(Cl)(Cl)Cl)CC[C@H]1OC(C)=O. The molecule has 0 radical (unpaired) electrons. The van der Waals surface area contributed by atoms with Gasteiger partial charge >= 0.3 is 11.9 Å². The Kier molecular flexibility index (Phi) is 6.56. The molecule has 1 rings (SSSR count). The maximum absolute atomic E-state index is 11.5. The molecule has 0 aromatic heterocycles. The van der Waals surface area contributed by atoms with Crippen molar-refractivity contribution in [2.75, 3.05) is 6.54 Å². The topological polar surface area (TPSA) is 81.7 Å². The van der Waals surface area contributed by atoms with E-state index in [4.69, 9.17) is 44.3 Å². The lowest BCUT2D eigenvalue weighted by Gasteiger charge is -2.24. The zero-order valence-electron chi connectivity index (χ0n) is 11.5. The van der Waals surface area contributed by atoms with Crippen molar-refractivity contribution in [3.8, 4) is 0 Å². The van der Waals surface area contributed by atoms with E-state index in [2.05, 4.69) is 5.32 Å². The van der Waals surface area contributed by atoms with Gasteiger partial charge in [0.2, 0.25) is 0 Å². The van der Waals surface area contributed by atoms with Crippen molar-refractivity contribution >= 4 is 52.6 Å². The minimum atomic E-state index is -2.05. The quantitative estimate of drug-likeness (QED) is 0.610. The maximum atomic E-state index is 11.5. The molecule has 120 valence electrons. The number of nitrogens with one attached hydrogen (secondary N) is 1. The number of halogens is 3. The second-order valence-electron chi connectivity index (χ2n) is 4.77. The smallest absolute Gasteiger partial charge is 0.303 e. The number of alkyl halides is 3. The molecule has 1 saturated carbocycles. The number of esters is 2. The Morgan fingerprint density at radius 2 is 1.67 bits per heavy atom. The average Bonchev–Trinajstić information content (AvgIpc) is 2.66. The fourth-order valence-corrected chi connectivity index (χ4v) is 2.46. The molecule has 1 N–H and O–H groups in total. The van der Waals surface area contributed by atoms with Crippen LogP contribution in [0.25, 0.3) is 0 Å². The van der Waals surface area contributed by atoms with E-state index in [0.29, 0.717) is 12.8 Å². The molecular weight excluding hydrogens is 344 g/mol. The first-order chi connectivity index (χ1) is 9.61. The Morgan fingerprint density at radius 1 is 1.10 bits per heavy atom. The summed E-state index contributed by atoms with van der Waals surface area (Å²) in [6.07, 6.45) is -0.00913. The van der Waals surface area contributed by atoms with Crippen LogP contribution in [-0.2, 0) is 23.9 Å². The average molecular weight is 361 g/mol. The summed E-state index contributed by atoms with van der Waals surface area (Å²) in [5.41, 5.74) is 0. The highest BCUT2D eigenvalue weighted by atomic mass is 35.6. The Balaban J connectivity index is 2.65. The van der Waals surface area contributed by atoms with Gasteiger partial charge in [0, 0.05) is 26.3 Å². The lowest BCUT2D eigenvalue weighted by Crippen LogP contribution is -2.42. The first-order valence-corrected chi connectivity index (χ1v) is 7.44. The summed E-state index contributed by atoms with van der Waals surface area (Å²) in [5.74, 6) is -1.92. The molecule has 0 aromatic rings. The summed E-state index contributed by atoms with van der Waals surface area (Å²) in [7, 11) is 0. The second kappa shape index (κ2) is 7.51. The van der Waals surface area contributed by atoms with Crippen molar-refractivity contribution in [2.24, 2.45) is 5.92 Å². The van der Waals surface area contributed by atoms with Crippen LogP contribution in [0.5, 0.6) is 0 Å². The fraction of sp³-hybridized carbons (Fsp3) is 0.750. The van der Waals surface area contributed by atoms with E-state index >= 15 is 0 Å². The number of carbonyl (C=O) groups excluding carboxylic acids is 3.